The molecule has 6 heteroatoms. The molecule has 0 saturated heterocycles. The molecule has 1 aliphatic heterocycles. The van der Waals surface area contributed by atoms with Crippen LogP contribution in [0, 0.1) is 0 Å². The minimum Gasteiger partial charge on any atom is -0.350 e. The van der Waals surface area contributed by atoms with Crippen molar-refractivity contribution in [3.63, 3.8) is 0 Å². The SMILES string of the molecule is CCCCC[C@H](C)NC(=O)c1ccc2c(c1)C[C@@H](C)N2S(C)(=O)=O. The van der Waals surface area contributed by atoms with Crippen molar-refractivity contribution in [1.29, 1.82) is 0 Å². The van der Waals surface area contributed by atoms with Gasteiger partial charge in [-0.3, -0.25) is 9.10 Å². The van der Waals surface area contributed by atoms with Gasteiger partial charge in [-0.1, -0.05) is 26.2 Å². The van der Waals surface area contributed by atoms with Crippen LogP contribution in [0.4, 0.5) is 5.69 Å². The Morgan fingerprint density at radius 2 is 2.08 bits per heavy atom. The van der Waals surface area contributed by atoms with E-state index in [1.807, 2.05) is 19.9 Å². The van der Waals surface area contributed by atoms with Crippen LogP contribution in [0.1, 0.15) is 62.4 Å². The smallest absolute Gasteiger partial charge is 0.251 e. The minimum absolute atomic E-state index is 0.0905. The van der Waals surface area contributed by atoms with Crippen LogP contribution in [0.5, 0.6) is 0 Å². The summed E-state index contributed by atoms with van der Waals surface area (Å²) in [4.78, 5) is 12.4. The van der Waals surface area contributed by atoms with Crippen molar-refractivity contribution in [3.05, 3.63) is 29.3 Å². The number of nitrogens with one attached hydrogen (secondary N) is 1. The van der Waals surface area contributed by atoms with Gasteiger partial charge in [0.1, 0.15) is 0 Å². The van der Waals surface area contributed by atoms with Crippen molar-refractivity contribution in [1.82, 2.24) is 5.32 Å². The number of rotatable bonds is 7. The van der Waals surface area contributed by atoms with Gasteiger partial charge in [-0.05, 0) is 50.5 Å². The minimum atomic E-state index is -3.30. The standard InChI is InChI=1S/C18H28N2O3S/c1-5-6-7-8-13(2)19-18(21)15-9-10-17-16(12-15)11-14(3)20(17)24(4,22)23/h9-10,12-14H,5-8,11H2,1-4H3,(H,19,21)/t13-,14+/m0/s1. The number of unbranched alkanes of at least 4 members (excludes halogenated alkanes) is 2. The Kier molecular flexibility index (Phi) is 5.91. The Balaban J connectivity index is 2.10. The zero-order valence-electron chi connectivity index (χ0n) is 15.0. The molecule has 1 aromatic carbocycles. The predicted molar refractivity (Wildman–Crippen MR) is 98.0 cm³/mol. The largest absolute Gasteiger partial charge is 0.350 e. The van der Waals surface area contributed by atoms with Gasteiger partial charge in [0.05, 0.1) is 11.9 Å². The topological polar surface area (TPSA) is 66.5 Å². The highest BCUT2D eigenvalue weighted by molar-refractivity contribution is 7.92. The number of carbonyl (C=O) groups excluding carboxylic acids is 1. The third-order valence-corrected chi connectivity index (χ3v) is 5.74. The first kappa shape index (κ1) is 18.8. The number of nitrogens with zero attached hydrogens (tertiary/aromatic N) is 1. The van der Waals surface area contributed by atoms with Crippen LogP contribution in [0.2, 0.25) is 0 Å². The van der Waals surface area contributed by atoms with Crippen molar-refractivity contribution in [3.8, 4) is 0 Å². The summed E-state index contributed by atoms with van der Waals surface area (Å²) in [6.45, 7) is 6.07. The molecule has 134 valence electrons. The Bertz CT molecular complexity index is 700. The Labute approximate surface area is 145 Å². The van der Waals surface area contributed by atoms with E-state index in [1.54, 1.807) is 12.1 Å². The van der Waals surface area contributed by atoms with Gasteiger partial charge < -0.3 is 5.32 Å². The molecule has 2 rings (SSSR count). The van der Waals surface area contributed by atoms with Crippen LogP contribution >= 0.6 is 0 Å². The van der Waals surface area contributed by atoms with E-state index >= 15 is 0 Å². The summed E-state index contributed by atoms with van der Waals surface area (Å²) in [6.07, 6.45) is 6.29. The van der Waals surface area contributed by atoms with Crippen molar-refractivity contribution >= 4 is 21.6 Å². The number of amides is 1. The fraction of sp³-hybridized carbons (Fsp3) is 0.611. The van der Waals surface area contributed by atoms with Crippen molar-refractivity contribution in [2.75, 3.05) is 10.6 Å². The quantitative estimate of drug-likeness (QED) is 0.767. The van der Waals surface area contributed by atoms with E-state index in [4.69, 9.17) is 0 Å². The molecule has 1 heterocycles. The average molecular weight is 353 g/mol. The number of hydrogen-bond acceptors (Lipinski definition) is 3. The first-order chi connectivity index (χ1) is 11.2. The van der Waals surface area contributed by atoms with Crippen LogP contribution < -0.4 is 9.62 Å². The molecular formula is C18H28N2O3S. The van der Waals surface area contributed by atoms with Gasteiger partial charge in [-0.15, -0.1) is 0 Å². The summed E-state index contributed by atoms with van der Waals surface area (Å²) in [5.74, 6) is -0.0905. The summed E-state index contributed by atoms with van der Waals surface area (Å²) in [5.41, 5.74) is 2.20. The lowest BCUT2D eigenvalue weighted by Gasteiger charge is -2.22. The summed E-state index contributed by atoms with van der Waals surface area (Å²) >= 11 is 0. The Morgan fingerprint density at radius 3 is 2.71 bits per heavy atom. The fourth-order valence-corrected chi connectivity index (χ4v) is 4.59. The Hall–Kier alpha value is -1.56. The van der Waals surface area contributed by atoms with Crippen LogP contribution in [0.25, 0.3) is 0 Å². The average Bonchev–Trinajstić information content (AvgIpc) is 2.82. The number of benzene rings is 1. The van der Waals surface area contributed by atoms with Gasteiger partial charge in [0.2, 0.25) is 10.0 Å². The van der Waals surface area contributed by atoms with Gasteiger partial charge in [0.25, 0.3) is 5.91 Å². The molecule has 0 fully saturated rings. The zero-order valence-corrected chi connectivity index (χ0v) is 15.8. The van der Waals surface area contributed by atoms with Gasteiger partial charge >= 0.3 is 0 Å². The molecule has 1 N–H and O–H groups in total. The van der Waals surface area contributed by atoms with Gasteiger partial charge in [0, 0.05) is 17.6 Å². The molecule has 24 heavy (non-hydrogen) atoms. The molecule has 1 aliphatic rings. The van der Waals surface area contributed by atoms with E-state index in [9.17, 15) is 13.2 Å². The van der Waals surface area contributed by atoms with E-state index < -0.39 is 10.0 Å². The molecule has 0 spiro atoms. The first-order valence-corrected chi connectivity index (χ1v) is 10.5. The maximum absolute atomic E-state index is 12.4. The highest BCUT2D eigenvalue weighted by Crippen LogP contribution is 2.34. The predicted octanol–water partition coefficient (Wildman–Crippen LogP) is 3.10. The van der Waals surface area contributed by atoms with E-state index in [0.717, 1.165) is 18.4 Å². The summed E-state index contributed by atoms with van der Waals surface area (Å²) < 4.78 is 25.3. The monoisotopic (exact) mass is 352 g/mol. The Morgan fingerprint density at radius 1 is 1.38 bits per heavy atom. The number of fused-ring (bicyclic) bond motifs is 1. The lowest BCUT2D eigenvalue weighted by molar-refractivity contribution is 0.0938. The normalized spacial score (nSPS) is 18.3. The molecule has 1 aromatic rings. The summed E-state index contributed by atoms with van der Waals surface area (Å²) in [7, 11) is -3.30. The summed E-state index contributed by atoms with van der Waals surface area (Å²) in [5, 5.41) is 3.03. The van der Waals surface area contributed by atoms with Crippen LogP contribution in [0.15, 0.2) is 18.2 Å². The molecule has 0 bridgehead atoms. The lowest BCUT2D eigenvalue weighted by atomic mass is 10.1. The van der Waals surface area contributed by atoms with Crippen molar-refractivity contribution in [2.24, 2.45) is 0 Å². The van der Waals surface area contributed by atoms with Crippen LogP contribution in [-0.2, 0) is 16.4 Å². The molecule has 0 aromatic heterocycles. The molecular weight excluding hydrogens is 324 g/mol. The maximum atomic E-state index is 12.4. The lowest BCUT2D eigenvalue weighted by Crippen LogP contribution is -2.34. The third-order valence-electron chi connectivity index (χ3n) is 4.47. The van der Waals surface area contributed by atoms with E-state index in [0.29, 0.717) is 17.7 Å². The number of hydrogen-bond donors (Lipinski definition) is 1. The molecule has 5 nitrogen and oxygen atoms in total. The second kappa shape index (κ2) is 7.55. The molecule has 0 radical (unpaired) electrons. The number of carbonyl (C=O) groups is 1. The molecule has 0 unspecified atom stereocenters. The highest BCUT2D eigenvalue weighted by atomic mass is 32.2. The number of anilines is 1. The van der Waals surface area contributed by atoms with Gasteiger partial charge in [-0.25, -0.2) is 8.42 Å². The zero-order chi connectivity index (χ0) is 17.9. The maximum Gasteiger partial charge on any atom is 0.251 e. The third kappa shape index (κ3) is 4.29. The van der Waals surface area contributed by atoms with Gasteiger partial charge in [0.15, 0.2) is 0 Å². The highest BCUT2D eigenvalue weighted by Gasteiger charge is 2.32. The van der Waals surface area contributed by atoms with E-state index in [1.165, 1.54) is 23.4 Å². The summed E-state index contributed by atoms with van der Waals surface area (Å²) in [6, 6.07) is 5.31. The molecule has 2 atom stereocenters. The molecule has 1 amide bonds. The van der Waals surface area contributed by atoms with Crippen LogP contribution in [-0.4, -0.2) is 32.7 Å². The van der Waals surface area contributed by atoms with Crippen molar-refractivity contribution in [2.45, 2.75) is 65.0 Å². The molecule has 0 saturated carbocycles. The second-order valence-electron chi connectivity index (χ2n) is 6.83. The van der Waals surface area contributed by atoms with E-state index in [2.05, 4.69) is 12.2 Å². The van der Waals surface area contributed by atoms with E-state index in [-0.39, 0.29) is 18.0 Å². The van der Waals surface area contributed by atoms with Crippen molar-refractivity contribution < 1.29 is 13.2 Å². The van der Waals surface area contributed by atoms with Crippen LogP contribution in [0.3, 0.4) is 0 Å². The van der Waals surface area contributed by atoms with Gasteiger partial charge in [-0.2, -0.15) is 0 Å². The second-order valence-corrected chi connectivity index (χ2v) is 8.69. The fourth-order valence-electron chi connectivity index (χ4n) is 3.33. The number of sulfonamides is 1. The molecule has 0 aliphatic carbocycles. The first-order valence-electron chi connectivity index (χ1n) is 8.67.